The molecule has 1 saturated heterocycles. The Morgan fingerprint density at radius 3 is 2.57 bits per heavy atom. The van der Waals surface area contributed by atoms with Crippen LogP contribution in [0.25, 0.3) is 0 Å². The number of rotatable bonds is 2. The molecule has 2 rings (SSSR count). The topological polar surface area (TPSA) is 40.5 Å². The van der Waals surface area contributed by atoms with Crippen LogP contribution in [0.4, 0.5) is 18.9 Å². The number of halogens is 3. The number of carboxylic acids is 1. The van der Waals surface area contributed by atoms with E-state index in [-0.39, 0.29) is 6.04 Å². The van der Waals surface area contributed by atoms with Gasteiger partial charge in [0.15, 0.2) is 0 Å². The lowest BCUT2D eigenvalue weighted by atomic mass is 9.91. The van der Waals surface area contributed by atoms with Gasteiger partial charge in [-0.2, -0.15) is 13.2 Å². The van der Waals surface area contributed by atoms with E-state index in [2.05, 4.69) is 6.92 Å². The molecule has 2 unspecified atom stereocenters. The quantitative estimate of drug-likeness (QED) is 0.896. The molecule has 1 fully saturated rings. The second kappa shape index (κ2) is 5.58. The maximum absolute atomic E-state index is 13.0. The van der Waals surface area contributed by atoms with Gasteiger partial charge in [0.1, 0.15) is 0 Å². The molecule has 1 aliphatic rings. The second-order valence-corrected chi connectivity index (χ2v) is 5.59. The lowest BCUT2D eigenvalue weighted by Crippen LogP contribution is -2.42. The number of piperidine rings is 1. The van der Waals surface area contributed by atoms with Crippen molar-refractivity contribution >= 4 is 11.7 Å². The highest BCUT2D eigenvalue weighted by molar-refractivity contribution is 5.90. The van der Waals surface area contributed by atoms with Crippen LogP contribution in [0.2, 0.25) is 0 Å². The normalized spacial score (nSPS) is 23.2. The number of hydrogen-bond acceptors (Lipinski definition) is 2. The molecule has 116 valence electrons. The standard InChI is InChI=1S/C15H18F3NO2/c1-9-4-3-7-19(10(9)2)11-5-6-12(14(20)21)13(8-11)15(16,17)18/h5-6,8-10H,3-4,7H2,1-2H3,(H,20,21). The molecule has 2 atom stereocenters. The van der Waals surface area contributed by atoms with Crippen LogP contribution in [0.1, 0.15) is 42.6 Å². The highest BCUT2D eigenvalue weighted by Gasteiger charge is 2.36. The van der Waals surface area contributed by atoms with Gasteiger partial charge in [0, 0.05) is 18.3 Å². The number of nitrogens with zero attached hydrogens (tertiary/aromatic N) is 1. The van der Waals surface area contributed by atoms with Crippen LogP contribution in [0.3, 0.4) is 0 Å². The van der Waals surface area contributed by atoms with Gasteiger partial charge in [-0.25, -0.2) is 4.79 Å². The summed E-state index contributed by atoms with van der Waals surface area (Å²) >= 11 is 0. The fourth-order valence-electron chi connectivity index (χ4n) is 2.83. The van der Waals surface area contributed by atoms with Gasteiger partial charge in [-0.15, -0.1) is 0 Å². The summed E-state index contributed by atoms with van der Waals surface area (Å²) in [6.45, 7) is 4.75. The average molecular weight is 301 g/mol. The summed E-state index contributed by atoms with van der Waals surface area (Å²) in [4.78, 5) is 12.9. The number of aromatic carboxylic acids is 1. The molecule has 1 heterocycles. The molecule has 0 amide bonds. The third kappa shape index (κ3) is 3.14. The van der Waals surface area contributed by atoms with Crippen LogP contribution in [-0.4, -0.2) is 23.7 Å². The van der Waals surface area contributed by atoms with Crippen molar-refractivity contribution in [2.75, 3.05) is 11.4 Å². The molecule has 21 heavy (non-hydrogen) atoms. The van der Waals surface area contributed by atoms with Gasteiger partial charge in [-0.3, -0.25) is 0 Å². The van der Waals surface area contributed by atoms with E-state index in [4.69, 9.17) is 5.11 Å². The first kappa shape index (κ1) is 15.7. The van der Waals surface area contributed by atoms with Gasteiger partial charge in [0.2, 0.25) is 0 Å². The minimum Gasteiger partial charge on any atom is -0.478 e. The van der Waals surface area contributed by atoms with Crippen LogP contribution in [0, 0.1) is 5.92 Å². The van der Waals surface area contributed by atoms with Crippen LogP contribution in [0.15, 0.2) is 18.2 Å². The average Bonchev–Trinajstić information content (AvgIpc) is 2.40. The SMILES string of the molecule is CC1CCCN(c2ccc(C(=O)O)c(C(F)(F)F)c2)C1C. The Morgan fingerprint density at radius 2 is 2.00 bits per heavy atom. The van der Waals surface area contributed by atoms with Crippen molar-refractivity contribution in [3.8, 4) is 0 Å². The van der Waals surface area contributed by atoms with Gasteiger partial charge >= 0.3 is 12.1 Å². The molecule has 6 heteroatoms. The zero-order valence-electron chi connectivity index (χ0n) is 11.9. The Labute approximate surface area is 121 Å². The Morgan fingerprint density at radius 1 is 1.33 bits per heavy atom. The number of alkyl halides is 3. The largest absolute Gasteiger partial charge is 0.478 e. The van der Waals surface area contributed by atoms with Gasteiger partial charge < -0.3 is 10.0 Å². The van der Waals surface area contributed by atoms with E-state index in [1.165, 1.54) is 6.07 Å². The zero-order chi connectivity index (χ0) is 15.8. The molecule has 0 bridgehead atoms. The van der Waals surface area contributed by atoms with Crippen LogP contribution < -0.4 is 4.90 Å². The van der Waals surface area contributed by atoms with Crippen molar-refractivity contribution in [3.63, 3.8) is 0 Å². The van der Waals surface area contributed by atoms with Gasteiger partial charge in [-0.1, -0.05) is 6.92 Å². The molecule has 1 aromatic carbocycles. The van der Waals surface area contributed by atoms with E-state index in [9.17, 15) is 18.0 Å². The number of hydrogen-bond donors (Lipinski definition) is 1. The Kier molecular flexibility index (Phi) is 4.16. The molecule has 0 spiro atoms. The summed E-state index contributed by atoms with van der Waals surface area (Å²) in [6, 6.07) is 3.60. The zero-order valence-corrected chi connectivity index (χ0v) is 11.9. The highest BCUT2D eigenvalue weighted by Crippen LogP contribution is 2.36. The van der Waals surface area contributed by atoms with Crippen LogP contribution in [0.5, 0.6) is 0 Å². The number of benzene rings is 1. The summed E-state index contributed by atoms with van der Waals surface area (Å²) < 4.78 is 39.1. The lowest BCUT2D eigenvalue weighted by Gasteiger charge is -2.40. The monoisotopic (exact) mass is 301 g/mol. The molecule has 0 radical (unpaired) electrons. The number of anilines is 1. The van der Waals surface area contributed by atoms with Gasteiger partial charge in [0.25, 0.3) is 0 Å². The molecular formula is C15H18F3NO2. The van der Waals surface area contributed by atoms with Gasteiger partial charge in [-0.05, 0) is 43.9 Å². The molecule has 0 saturated carbocycles. The highest BCUT2D eigenvalue weighted by atomic mass is 19.4. The maximum Gasteiger partial charge on any atom is 0.417 e. The first-order valence-corrected chi connectivity index (χ1v) is 6.93. The third-order valence-corrected chi connectivity index (χ3v) is 4.24. The van der Waals surface area contributed by atoms with Crippen LogP contribution in [-0.2, 0) is 6.18 Å². The van der Waals surface area contributed by atoms with Crippen molar-refractivity contribution in [3.05, 3.63) is 29.3 Å². The molecule has 0 aromatic heterocycles. The van der Waals surface area contributed by atoms with Crippen molar-refractivity contribution in [1.29, 1.82) is 0 Å². The molecule has 1 N–H and O–H groups in total. The van der Waals surface area contributed by atoms with E-state index in [1.54, 1.807) is 0 Å². The van der Waals surface area contributed by atoms with Crippen molar-refractivity contribution in [1.82, 2.24) is 0 Å². The fourth-order valence-corrected chi connectivity index (χ4v) is 2.83. The van der Waals surface area contributed by atoms with Crippen LogP contribution >= 0.6 is 0 Å². The predicted octanol–water partition coefficient (Wildman–Crippen LogP) is 4.03. The molecule has 1 aliphatic heterocycles. The van der Waals surface area contributed by atoms with E-state index in [0.717, 1.165) is 25.0 Å². The molecule has 1 aromatic rings. The fraction of sp³-hybridized carbons (Fsp3) is 0.533. The summed E-state index contributed by atoms with van der Waals surface area (Å²) in [5.74, 6) is -1.17. The summed E-state index contributed by atoms with van der Waals surface area (Å²) in [6.07, 6.45) is -2.70. The Bertz CT molecular complexity index is 542. The van der Waals surface area contributed by atoms with E-state index >= 15 is 0 Å². The predicted molar refractivity (Wildman–Crippen MR) is 73.6 cm³/mol. The van der Waals surface area contributed by atoms with Crippen molar-refractivity contribution in [2.24, 2.45) is 5.92 Å². The van der Waals surface area contributed by atoms with Gasteiger partial charge in [0.05, 0.1) is 11.1 Å². The lowest BCUT2D eigenvalue weighted by molar-refractivity contribution is -0.138. The van der Waals surface area contributed by atoms with E-state index in [0.29, 0.717) is 18.2 Å². The third-order valence-electron chi connectivity index (χ3n) is 4.24. The number of carbonyl (C=O) groups is 1. The van der Waals surface area contributed by atoms with Crippen molar-refractivity contribution < 1.29 is 23.1 Å². The minimum atomic E-state index is -4.67. The molecular weight excluding hydrogens is 283 g/mol. The Balaban J connectivity index is 2.44. The summed E-state index contributed by atoms with van der Waals surface area (Å²) in [5, 5.41) is 8.91. The maximum atomic E-state index is 13.0. The van der Waals surface area contributed by atoms with E-state index in [1.807, 2.05) is 11.8 Å². The first-order chi connectivity index (χ1) is 9.71. The molecule has 0 aliphatic carbocycles. The first-order valence-electron chi connectivity index (χ1n) is 6.93. The van der Waals surface area contributed by atoms with Crippen molar-refractivity contribution in [2.45, 2.75) is 38.9 Å². The minimum absolute atomic E-state index is 0.135. The summed E-state index contributed by atoms with van der Waals surface area (Å²) in [7, 11) is 0. The Hall–Kier alpha value is -1.72. The summed E-state index contributed by atoms with van der Waals surface area (Å²) in [5.41, 5.74) is -1.35. The van der Waals surface area contributed by atoms with E-state index < -0.39 is 23.3 Å². The smallest absolute Gasteiger partial charge is 0.417 e. The number of carboxylic acid groups (broad SMARTS) is 1. The second-order valence-electron chi connectivity index (χ2n) is 5.59. The molecule has 3 nitrogen and oxygen atoms in total.